The van der Waals surface area contributed by atoms with Crippen LogP contribution >= 0.6 is 0 Å². The summed E-state index contributed by atoms with van der Waals surface area (Å²) in [6, 6.07) is 13.4. The molecular weight excluding hydrogens is 531 g/mol. The van der Waals surface area contributed by atoms with Crippen molar-refractivity contribution in [2.75, 3.05) is 46.4 Å². The number of rotatable bonds is 9. The van der Waals surface area contributed by atoms with E-state index in [-0.39, 0.29) is 23.9 Å². The summed E-state index contributed by atoms with van der Waals surface area (Å²) in [6.07, 6.45) is -5.08. The van der Waals surface area contributed by atoms with Crippen molar-refractivity contribution in [2.24, 2.45) is 0 Å². The van der Waals surface area contributed by atoms with Crippen LogP contribution in [0.25, 0.3) is 0 Å². The van der Waals surface area contributed by atoms with Gasteiger partial charge < -0.3 is 24.8 Å². The second kappa shape index (κ2) is 14.0. The van der Waals surface area contributed by atoms with Gasteiger partial charge in [-0.25, -0.2) is 13.2 Å². The van der Waals surface area contributed by atoms with Crippen LogP contribution in [0.15, 0.2) is 53.4 Å². The van der Waals surface area contributed by atoms with Crippen LogP contribution in [0.1, 0.15) is 12.5 Å². The molecule has 0 aliphatic carbocycles. The summed E-state index contributed by atoms with van der Waals surface area (Å²) < 4.78 is 70.5. The van der Waals surface area contributed by atoms with E-state index in [1.54, 1.807) is 23.1 Å². The number of ether oxygens (including phenoxy) is 2. The third-order valence-corrected chi connectivity index (χ3v) is 7.10. The molecule has 3 rings (SSSR count). The number of piperazine rings is 1. The third kappa shape index (κ3) is 9.19. The Morgan fingerprint density at radius 1 is 1.08 bits per heavy atom. The Bertz CT molecular complexity index is 1170. The number of hydrogen-bond donors (Lipinski definition) is 2. The molecular formula is C24H30F3N3O7S. The number of alkyl halides is 3. The van der Waals surface area contributed by atoms with Crippen LogP contribution in [-0.4, -0.2) is 87.2 Å². The minimum atomic E-state index is -5.08. The molecule has 10 nitrogen and oxygen atoms in total. The van der Waals surface area contributed by atoms with E-state index in [9.17, 15) is 26.4 Å². The van der Waals surface area contributed by atoms with Crippen molar-refractivity contribution in [3.05, 3.63) is 54.1 Å². The van der Waals surface area contributed by atoms with Crippen LogP contribution in [0.2, 0.25) is 0 Å². The number of hydrogen-bond acceptors (Lipinski definition) is 7. The van der Waals surface area contributed by atoms with Crippen molar-refractivity contribution >= 4 is 21.9 Å². The Hall–Kier alpha value is -3.36. The maximum atomic E-state index is 13.4. The van der Waals surface area contributed by atoms with E-state index in [2.05, 4.69) is 5.32 Å². The molecule has 2 N–H and O–H groups in total. The molecule has 1 aliphatic rings. The predicted molar refractivity (Wildman–Crippen MR) is 131 cm³/mol. The van der Waals surface area contributed by atoms with E-state index >= 15 is 0 Å². The van der Waals surface area contributed by atoms with E-state index in [0.717, 1.165) is 5.56 Å². The van der Waals surface area contributed by atoms with Gasteiger partial charge in [0, 0.05) is 32.7 Å². The number of carboxylic acids is 1. The standard InChI is InChI=1S/C22H29N3O5S.C2HF3O2/c1-3-30-20-6-4-5-18(15-20)16-25(17-22(26)24-13-11-23-12-14-24)31(27,28)21-9-7-19(29-2)8-10-21;3-2(4,5)1(6)7/h4-10,15,23H,3,11-14,16-17H2,1-2H3;(H,6,7). The lowest BCUT2D eigenvalue weighted by Crippen LogP contribution is -2.50. The molecule has 1 heterocycles. The van der Waals surface area contributed by atoms with Gasteiger partial charge in [0.05, 0.1) is 25.2 Å². The van der Waals surface area contributed by atoms with Gasteiger partial charge in [-0.3, -0.25) is 4.79 Å². The summed E-state index contributed by atoms with van der Waals surface area (Å²) in [5, 5.41) is 10.3. The molecule has 1 fully saturated rings. The van der Waals surface area contributed by atoms with Gasteiger partial charge in [-0.1, -0.05) is 12.1 Å². The van der Waals surface area contributed by atoms with Crippen LogP contribution in [0.4, 0.5) is 13.2 Å². The number of halogens is 3. The minimum absolute atomic E-state index is 0.0626. The number of nitrogens with zero attached hydrogens (tertiary/aromatic N) is 2. The molecule has 1 saturated heterocycles. The van der Waals surface area contributed by atoms with E-state index < -0.39 is 22.2 Å². The van der Waals surface area contributed by atoms with Gasteiger partial charge in [0.2, 0.25) is 15.9 Å². The molecule has 0 bridgehead atoms. The van der Waals surface area contributed by atoms with E-state index in [1.165, 1.54) is 23.5 Å². The lowest BCUT2D eigenvalue weighted by atomic mass is 10.2. The van der Waals surface area contributed by atoms with Crippen LogP contribution in [-0.2, 0) is 26.2 Å². The van der Waals surface area contributed by atoms with Crippen LogP contribution in [0, 0.1) is 0 Å². The molecule has 0 spiro atoms. The topological polar surface area (TPSA) is 125 Å². The first-order valence-corrected chi connectivity index (χ1v) is 13.0. The fraction of sp³-hybridized carbons (Fsp3) is 0.417. The zero-order chi connectivity index (χ0) is 28.3. The molecule has 210 valence electrons. The van der Waals surface area contributed by atoms with Gasteiger partial charge in [-0.2, -0.15) is 17.5 Å². The average molecular weight is 562 g/mol. The van der Waals surface area contributed by atoms with Crippen LogP contribution in [0.3, 0.4) is 0 Å². The van der Waals surface area contributed by atoms with E-state index in [4.69, 9.17) is 19.4 Å². The number of benzene rings is 2. The largest absolute Gasteiger partial charge is 0.497 e. The Morgan fingerprint density at radius 2 is 1.68 bits per heavy atom. The number of carbonyl (C=O) groups excluding carboxylic acids is 1. The number of carboxylic acid groups (broad SMARTS) is 1. The predicted octanol–water partition coefficient (Wildman–Crippen LogP) is 2.35. The second-order valence-electron chi connectivity index (χ2n) is 7.96. The first kappa shape index (κ1) is 30.9. The summed E-state index contributed by atoms with van der Waals surface area (Å²) in [5.74, 6) is -1.74. The highest BCUT2D eigenvalue weighted by Crippen LogP contribution is 2.23. The van der Waals surface area contributed by atoms with Gasteiger partial charge >= 0.3 is 12.1 Å². The smallest absolute Gasteiger partial charge is 0.490 e. The van der Waals surface area contributed by atoms with Gasteiger partial charge in [-0.15, -0.1) is 0 Å². The first-order valence-electron chi connectivity index (χ1n) is 11.5. The molecule has 2 aromatic rings. The van der Waals surface area contributed by atoms with Crippen molar-refractivity contribution < 1.29 is 45.8 Å². The summed E-state index contributed by atoms with van der Waals surface area (Å²) in [4.78, 5) is 23.6. The minimum Gasteiger partial charge on any atom is -0.497 e. The lowest BCUT2D eigenvalue weighted by Gasteiger charge is -2.30. The number of nitrogens with one attached hydrogen (secondary N) is 1. The van der Waals surface area contributed by atoms with Crippen LogP contribution in [0.5, 0.6) is 11.5 Å². The highest BCUT2D eigenvalue weighted by Gasteiger charge is 2.38. The fourth-order valence-corrected chi connectivity index (χ4v) is 4.77. The van der Waals surface area contributed by atoms with Crippen molar-refractivity contribution in [3.63, 3.8) is 0 Å². The Morgan fingerprint density at radius 3 is 2.21 bits per heavy atom. The van der Waals surface area contributed by atoms with Gasteiger partial charge in [-0.05, 0) is 48.9 Å². The molecule has 0 atom stereocenters. The van der Waals surface area contributed by atoms with Crippen LogP contribution < -0.4 is 14.8 Å². The number of methoxy groups -OCH3 is 1. The lowest BCUT2D eigenvalue weighted by molar-refractivity contribution is -0.192. The number of amides is 1. The van der Waals surface area contributed by atoms with Gasteiger partial charge in [0.25, 0.3) is 0 Å². The number of sulfonamides is 1. The maximum absolute atomic E-state index is 13.4. The summed E-state index contributed by atoms with van der Waals surface area (Å²) in [5.41, 5.74) is 0.746. The SMILES string of the molecule is CCOc1cccc(CN(CC(=O)N2CCNCC2)S(=O)(=O)c2ccc(OC)cc2)c1.O=C(O)C(F)(F)F. The third-order valence-electron chi connectivity index (χ3n) is 5.29. The summed E-state index contributed by atoms with van der Waals surface area (Å²) in [6.45, 7) is 4.77. The molecule has 0 unspecified atom stereocenters. The molecule has 0 aromatic heterocycles. The summed E-state index contributed by atoms with van der Waals surface area (Å²) >= 11 is 0. The normalized spacial score (nSPS) is 13.9. The molecule has 1 amide bonds. The number of aliphatic carboxylic acids is 1. The van der Waals surface area contributed by atoms with Crippen molar-refractivity contribution in [1.82, 2.24) is 14.5 Å². The highest BCUT2D eigenvalue weighted by molar-refractivity contribution is 7.89. The first-order chi connectivity index (χ1) is 17.9. The van der Waals surface area contributed by atoms with Gasteiger partial charge in [0.1, 0.15) is 11.5 Å². The maximum Gasteiger partial charge on any atom is 0.490 e. The average Bonchev–Trinajstić information content (AvgIpc) is 2.89. The Labute approximate surface area is 219 Å². The Kier molecular flexibility index (Phi) is 11.4. The fourth-order valence-electron chi connectivity index (χ4n) is 3.39. The number of carbonyl (C=O) groups is 2. The van der Waals surface area contributed by atoms with Crippen molar-refractivity contribution in [1.29, 1.82) is 0 Å². The quantitative estimate of drug-likeness (QED) is 0.478. The van der Waals surface area contributed by atoms with E-state index in [1.807, 2.05) is 25.1 Å². The molecule has 14 heteroatoms. The zero-order valence-electron chi connectivity index (χ0n) is 20.9. The van der Waals surface area contributed by atoms with Crippen molar-refractivity contribution in [2.45, 2.75) is 24.5 Å². The molecule has 2 aromatic carbocycles. The molecule has 0 radical (unpaired) electrons. The van der Waals surface area contributed by atoms with Gasteiger partial charge in [0.15, 0.2) is 0 Å². The monoisotopic (exact) mass is 561 g/mol. The molecule has 1 aliphatic heterocycles. The van der Waals surface area contributed by atoms with E-state index in [0.29, 0.717) is 44.3 Å². The Balaban J connectivity index is 0.000000638. The van der Waals surface area contributed by atoms with Crippen molar-refractivity contribution in [3.8, 4) is 11.5 Å². The molecule has 38 heavy (non-hydrogen) atoms. The summed E-state index contributed by atoms with van der Waals surface area (Å²) in [7, 11) is -2.39. The zero-order valence-corrected chi connectivity index (χ0v) is 21.7. The molecule has 0 saturated carbocycles. The highest BCUT2D eigenvalue weighted by atomic mass is 32.2. The second-order valence-corrected chi connectivity index (χ2v) is 9.90.